The number of ether oxygens (including phenoxy) is 1. The molecule has 0 aromatic rings. The van der Waals surface area contributed by atoms with E-state index in [0.717, 1.165) is 0 Å². The Kier molecular flexibility index (Phi) is 5.59. The number of rotatable bonds is 4. The Labute approximate surface area is 107 Å². The molecule has 2 atom stereocenters. The van der Waals surface area contributed by atoms with E-state index in [1.807, 2.05) is 6.07 Å². The van der Waals surface area contributed by atoms with Crippen molar-refractivity contribution in [3.8, 4) is 6.07 Å². The van der Waals surface area contributed by atoms with Gasteiger partial charge in [-0.25, -0.2) is 0 Å². The fraction of sp³-hybridized carbons (Fsp3) is 0.750. The van der Waals surface area contributed by atoms with Crippen molar-refractivity contribution in [1.82, 2.24) is 10.2 Å². The van der Waals surface area contributed by atoms with Crippen molar-refractivity contribution < 1.29 is 14.3 Å². The quantitative estimate of drug-likeness (QED) is 0.758. The molecule has 1 saturated heterocycles. The Bertz CT molecular complexity index is 345. The van der Waals surface area contributed by atoms with Gasteiger partial charge in [-0.15, -0.1) is 0 Å². The minimum atomic E-state index is -0.690. The summed E-state index contributed by atoms with van der Waals surface area (Å²) in [7, 11) is 0. The highest BCUT2D eigenvalue weighted by molar-refractivity contribution is 5.89. The normalized spacial score (nSPS) is 18.6. The van der Waals surface area contributed by atoms with E-state index >= 15 is 0 Å². The molecule has 0 saturated carbocycles. The van der Waals surface area contributed by atoms with Gasteiger partial charge in [0.2, 0.25) is 11.8 Å². The average molecular weight is 253 g/mol. The topological polar surface area (TPSA) is 82.4 Å². The van der Waals surface area contributed by atoms with Gasteiger partial charge in [0.1, 0.15) is 12.0 Å². The van der Waals surface area contributed by atoms with Gasteiger partial charge in [0.05, 0.1) is 19.3 Å². The molecule has 1 aliphatic heterocycles. The van der Waals surface area contributed by atoms with E-state index in [9.17, 15) is 9.59 Å². The number of nitrogens with zero attached hydrogens (tertiary/aromatic N) is 2. The summed E-state index contributed by atoms with van der Waals surface area (Å²) < 4.78 is 5.16. The van der Waals surface area contributed by atoms with E-state index in [1.165, 1.54) is 0 Å². The molecule has 1 aliphatic rings. The van der Waals surface area contributed by atoms with Crippen molar-refractivity contribution in [3.05, 3.63) is 0 Å². The third-order valence-electron chi connectivity index (χ3n) is 2.93. The van der Waals surface area contributed by atoms with E-state index in [4.69, 9.17) is 10.00 Å². The molecule has 2 unspecified atom stereocenters. The molecule has 1 N–H and O–H groups in total. The number of carbonyl (C=O) groups excluding carboxylic acids is 2. The summed E-state index contributed by atoms with van der Waals surface area (Å²) in [6.45, 7) is 5.56. The van der Waals surface area contributed by atoms with Crippen molar-refractivity contribution >= 4 is 11.8 Å². The predicted molar refractivity (Wildman–Crippen MR) is 64.4 cm³/mol. The number of morpholine rings is 1. The van der Waals surface area contributed by atoms with E-state index in [0.29, 0.717) is 32.7 Å². The molecule has 6 heteroatoms. The highest BCUT2D eigenvalue weighted by Gasteiger charge is 2.25. The Balaban J connectivity index is 2.49. The first-order valence-electron chi connectivity index (χ1n) is 6.16. The minimum Gasteiger partial charge on any atom is -0.378 e. The predicted octanol–water partition coefficient (Wildman–Crippen LogP) is -0.100. The zero-order chi connectivity index (χ0) is 13.5. The standard InChI is InChI=1S/C12H19N3O3/c1-3-10(8-13)11(16)14-9(2)12(17)15-4-6-18-7-5-15/h9-10H,3-7H2,1-2H3,(H,14,16). The zero-order valence-corrected chi connectivity index (χ0v) is 10.8. The van der Waals surface area contributed by atoms with Crippen LogP contribution >= 0.6 is 0 Å². The lowest BCUT2D eigenvalue weighted by Gasteiger charge is -2.29. The maximum absolute atomic E-state index is 12.0. The largest absolute Gasteiger partial charge is 0.378 e. The molecule has 18 heavy (non-hydrogen) atoms. The van der Waals surface area contributed by atoms with Gasteiger partial charge in [-0.2, -0.15) is 5.26 Å². The van der Waals surface area contributed by atoms with Crippen molar-refractivity contribution in [1.29, 1.82) is 5.26 Å². The number of nitrogens with one attached hydrogen (secondary N) is 1. The SMILES string of the molecule is CCC(C#N)C(=O)NC(C)C(=O)N1CCOCC1. The van der Waals surface area contributed by atoms with Crippen molar-refractivity contribution in [2.45, 2.75) is 26.3 Å². The van der Waals surface area contributed by atoms with Gasteiger partial charge >= 0.3 is 0 Å². The fourth-order valence-corrected chi connectivity index (χ4v) is 1.77. The average Bonchev–Trinajstić information content (AvgIpc) is 2.40. The van der Waals surface area contributed by atoms with Crippen molar-refractivity contribution in [2.24, 2.45) is 5.92 Å². The van der Waals surface area contributed by atoms with Gasteiger partial charge in [0, 0.05) is 13.1 Å². The molecule has 6 nitrogen and oxygen atoms in total. The molecule has 0 aromatic carbocycles. The van der Waals surface area contributed by atoms with Gasteiger partial charge in [0.25, 0.3) is 0 Å². The van der Waals surface area contributed by atoms with Crippen LogP contribution in [0.25, 0.3) is 0 Å². The molecule has 100 valence electrons. The molecule has 0 bridgehead atoms. The summed E-state index contributed by atoms with van der Waals surface area (Å²) in [4.78, 5) is 25.3. The van der Waals surface area contributed by atoms with Gasteiger partial charge in [-0.1, -0.05) is 6.92 Å². The van der Waals surface area contributed by atoms with Crippen LogP contribution in [0.2, 0.25) is 0 Å². The van der Waals surface area contributed by atoms with Gasteiger partial charge < -0.3 is 15.0 Å². The van der Waals surface area contributed by atoms with Crippen LogP contribution in [-0.4, -0.2) is 49.1 Å². The first-order valence-corrected chi connectivity index (χ1v) is 6.16. The third kappa shape index (κ3) is 3.70. The van der Waals surface area contributed by atoms with Crippen LogP contribution in [0, 0.1) is 17.2 Å². The smallest absolute Gasteiger partial charge is 0.245 e. The van der Waals surface area contributed by atoms with Crippen LogP contribution in [0.1, 0.15) is 20.3 Å². The molecule has 1 fully saturated rings. The first kappa shape index (κ1) is 14.5. The lowest BCUT2D eigenvalue weighted by atomic mass is 10.1. The van der Waals surface area contributed by atoms with Gasteiger partial charge in [0.15, 0.2) is 0 Å². The fourth-order valence-electron chi connectivity index (χ4n) is 1.77. The van der Waals surface area contributed by atoms with Crippen LogP contribution in [0.15, 0.2) is 0 Å². The third-order valence-corrected chi connectivity index (χ3v) is 2.93. The second kappa shape index (κ2) is 6.97. The summed E-state index contributed by atoms with van der Waals surface area (Å²) in [6, 6.07) is 1.32. The molecule has 1 rings (SSSR count). The Morgan fingerprint density at radius 1 is 1.44 bits per heavy atom. The molecule has 1 heterocycles. The van der Waals surface area contributed by atoms with Crippen LogP contribution in [0.5, 0.6) is 0 Å². The molecule has 0 aromatic heterocycles. The molecule has 0 aliphatic carbocycles. The molecule has 0 spiro atoms. The Hall–Kier alpha value is -1.61. The second-order valence-electron chi connectivity index (χ2n) is 4.26. The minimum absolute atomic E-state index is 0.126. The van der Waals surface area contributed by atoms with E-state index in [1.54, 1.807) is 18.7 Å². The number of amides is 2. The highest BCUT2D eigenvalue weighted by Crippen LogP contribution is 2.04. The molecule has 0 radical (unpaired) electrons. The maximum Gasteiger partial charge on any atom is 0.245 e. The van der Waals surface area contributed by atoms with Crippen LogP contribution in [0.4, 0.5) is 0 Å². The summed E-state index contributed by atoms with van der Waals surface area (Å²) in [6.07, 6.45) is 0.445. The molecular weight excluding hydrogens is 234 g/mol. The summed E-state index contributed by atoms with van der Waals surface area (Å²) >= 11 is 0. The van der Waals surface area contributed by atoms with Gasteiger partial charge in [-0.05, 0) is 13.3 Å². The van der Waals surface area contributed by atoms with Crippen LogP contribution in [-0.2, 0) is 14.3 Å². The van der Waals surface area contributed by atoms with Crippen LogP contribution < -0.4 is 5.32 Å². The summed E-state index contributed by atoms with van der Waals surface area (Å²) in [5.74, 6) is -1.20. The monoisotopic (exact) mass is 253 g/mol. The van der Waals surface area contributed by atoms with E-state index in [-0.39, 0.29) is 11.8 Å². The lowest BCUT2D eigenvalue weighted by Crippen LogP contribution is -2.51. The number of carbonyl (C=O) groups is 2. The van der Waals surface area contributed by atoms with Crippen molar-refractivity contribution in [3.63, 3.8) is 0 Å². The molecule has 2 amide bonds. The first-order chi connectivity index (χ1) is 8.60. The zero-order valence-electron chi connectivity index (χ0n) is 10.8. The Morgan fingerprint density at radius 2 is 2.06 bits per heavy atom. The highest BCUT2D eigenvalue weighted by atomic mass is 16.5. The van der Waals surface area contributed by atoms with Crippen LogP contribution in [0.3, 0.4) is 0 Å². The van der Waals surface area contributed by atoms with Gasteiger partial charge in [-0.3, -0.25) is 9.59 Å². The lowest BCUT2D eigenvalue weighted by molar-refractivity contribution is -0.139. The second-order valence-corrected chi connectivity index (χ2v) is 4.26. The number of nitriles is 1. The van der Waals surface area contributed by atoms with Crippen molar-refractivity contribution in [2.75, 3.05) is 26.3 Å². The maximum atomic E-state index is 12.0. The van der Waals surface area contributed by atoms with E-state index in [2.05, 4.69) is 5.32 Å². The summed E-state index contributed by atoms with van der Waals surface area (Å²) in [5.41, 5.74) is 0. The van der Waals surface area contributed by atoms with E-state index < -0.39 is 12.0 Å². The number of hydrogen-bond donors (Lipinski definition) is 1. The molecular formula is C12H19N3O3. The summed E-state index contributed by atoms with van der Waals surface area (Å²) in [5, 5.41) is 11.4. The Morgan fingerprint density at radius 3 is 2.56 bits per heavy atom. The number of hydrogen-bond acceptors (Lipinski definition) is 4.